The molecule has 2 heterocycles. The van der Waals surface area contributed by atoms with E-state index >= 15 is 0 Å². The van der Waals surface area contributed by atoms with E-state index in [4.69, 9.17) is 11.6 Å². The second kappa shape index (κ2) is 7.41. The smallest absolute Gasteiger partial charge is 0.253 e. The van der Waals surface area contributed by atoms with Crippen LogP contribution < -0.4 is 5.32 Å². The molecule has 1 amide bonds. The lowest BCUT2D eigenvalue weighted by Gasteiger charge is -2.22. The molecule has 5 nitrogen and oxygen atoms in total. The van der Waals surface area contributed by atoms with Gasteiger partial charge in [-0.2, -0.15) is 4.31 Å². The van der Waals surface area contributed by atoms with Gasteiger partial charge in [0.15, 0.2) is 0 Å². The molecule has 0 unspecified atom stereocenters. The van der Waals surface area contributed by atoms with Crippen LogP contribution in [0.4, 0.5) is 4.39 Å². The van der Waals surface area contributed by atoms with Crippen LogP contribution in [-0.2, 0) is 21.4 Å². The highest BCUT2D eigenvalue weighted by Gasteiger charge is 2.39. The van der Waals surface area contributed by atoms with E-state index < -0.39 is 16.1 Å². The number of thiophene rings is 1. The van der Waals surface area contributed by atoms with Gasteiger partial charge in [-0.15, -0.1) is 11.3 Å². The van der Waals surface area contributed by atoms with Crippen molar-refractivity contribution in [2.75, 3.05) is 6.54 Å². The molecular formula is C16H16ClFN2O3S2. The fourth-order valence-electron chi connectivity index (χ4n) is 2.75. The summed E-state index contributed by atoms with van der Waals surface area (Å²) < 4.78 is 40.1. The standard InChI is InChI=1S/C16H16ClFN2O3S2/c17-14-7-8-15(24-14)25(22,23)20-9-1-2-13(20)16(21)19-10-11-3-5-12(18)6-4-11/h3-8,13H,1-2,9-10H2,(H,19,21)/t13-/m1/s1. The number of sulfonamides is 1. The molecule has 1 fully saturated rings. The lowest BCUT2D eigenvalue weighted by atomic mass is 10.2. The number of carbonyl (C=O) groups is 1. The van der Waals surface area contributed by atoms with Crippen LogP contribution in [0.3, 0.4) is 0 Å². The Hall–Kier alpha value is -1.48. The molecular weight excluding hydrogens is 387 g/mol. The zero-order chi connectivity index (χ0) is 18.0. The van der Waals surface area contributed by atoms with Crippen molar-refractivity contribution >= 4 is 38.9 Å². The Morgan fingerprint density at radius 1 is 1.28 bits per heavy atom. The van der Waals surface area contributed by atoms with Gasteiger partial charge in [0.1, 0.15) is 16.1 Å². The topological polar surface area (TPSA) is 66.5 Å². The summed E-state index contributed by atoms with van der Waals surface area (Å²) in [5, 5.41) is 2.73. The minimum absolute atomic E-state index is 0.135. The minimum Gasteiger partial charge on any atom is -0.351 e. The number of nitrogens with zero attached hydrogens (tertiary/aromatic N) is 1. The summed E-state index contributed by atoms with van der Waals surface area (Å²) in [5.74, 6) is -0.703. The van der Waals surface area contributed by atoms with Gasteiger partial charge < -0.3 is 5.32 Å². The Kier molecular flexibility index (Phi) is 5.43. The number of amides is 1. The molecule has 0 saturated carbocycles. The van der Waals surface area contributed by atoms with E-state index in [9.17, 15) is 17.6 Å². The summed E-state index contributed by atoms with van der Waals surface area (Å²) in [5.41, 5.74) is 0.743. The van der Waals surface area contributed by atoms with Gasteiger partial charge in [-0.25, -0.2) is 12.8 Å². The Morgan fingerprint density at radius 2 is 2.00 bits per heavy atom. The van der Waals surface area contributed by atoms with Gasteiger partial charge in [0.2, 0.25) is 5.91 Å². The molecule has 0 bridgehead atoms. The lowest BCUT2D eigenvalue weighted by molar-refractivity contribution is -0.124. The summed E-state index contributed by atoms with van der Waals surface area (Å²) in [6, 6.07) is 8.01. The normalized spacial score (nSPS) is 18.4. The van der Waals surface area contributed by atoms with Gasteiger partial charge >= 0.3 is 0 Å². The van der Waals surface area contributed by atoms with Crippen molar-refractivity contribution in [1.29, 1.82) is 0 Å². The van der Waals surface area contributed by atoms with Crippen molar-refractivity contribution in [1.82, 2.24) is 9.62 Å². The van der Waals surface area contributed by atoms with Crippen LogP contribution in [0, 0.1) is 5.82 Å². The fourth-order valence-corrected chi connectivity index (χ4v) is 6.02. The molecule has 1 aliphatic heterocycles. The SMILES string of the molecule is O=C(NCc1ccc(F)cc1)[C@H]1CCCN1S(=O)(=O)c1ccc(Cl)s1. The molecule has 1 N–H and O–H groups in total. The van der Waals surface area contributed by atoms with Crippen LogP contribution in [0.15, 0.2) is 40.6 Å². The van der Waals surface area contributed by atoms with Crippen molar-refractivity contribution in [3.63, 3.8) is 0 Å². The summed E-state index contributed by atoms with van der Waals surface area (Å²) in [7, 11) is -3.74. The second-order valence-electron chi connectivity index (χ2n) is 5.68. The minimum atomic E-state index is -3.74. The monoisotopic (exact) mass is 402 g/mol. The van der Waals surface area contributed by atoms with E-state index in [2.05, 4.69) is 5.32 Å². The number of hydrogen-bond acceptors (Lipinski definition) is 4. The number of nitrogens with one attached hydrogen (secondary N) is 1. The molecule has 2 aromatic rings. The molecule has 9 heteroatoms. The first-order chi connectivity index (χ1) is 11.9. The molecule has 3 rings (SSSR count). The zero-order valence-electron chi connectivity index (χ0n) is 13.1. The predicted molar refractivity (Wildman–Crippen MR) is 94.5 cm³/mol. The highest BCUT2D eigenvalue weighted by molar-refractivity contribution is 7.91. The van der Waals surface area contributed by atoms with E-state index in [0.29, 0.717) is 23.7 Å². The molecule has 0 radical (unpaired) electrons. The quantitative estimate of drug-likeness (QED) is 0.836. The van der Waals surface area contributed by atoms with Gasteiger partial charge in [-0.3, -0.25) is 4.79 Å². The first-order valence-corrected chi connectivity index (χ1v) is 10.3. The zero-order valence-corrected chi connectivity index (χ0v) is 15.5. The van der Waals surface area contributed by atoms with Crippen molar-refractivity contribution in [3.05, 3.63) is 52.1 Å². The van der Waals surface area contributed by atoms with Gasteiger partial charge in [-0.1, -0.05) is 23.7 Å². The summed E-state index contributed by atoms with van der Waals surface area (Å²) >= 11 is 6.81. The Morgan fingerprint density at radius 3 is 2.64 bits per heavy atom. The third kappa shape index (κ3) is 4.03. The lowest BCUT2D eigenvalue weighted by Crippen LogP contribution is -2.45. The number of carbonyl (C=O) groups excluding carboxylic acids is 1. The number of rotatable bonds is 5. The van der Waals surface area contributed by atoms with E-state index in [1.807, 2.05) is 0 Å². The van der Waals surface area contributed by atoms with Gasteiger partial charge in [0.05, 0.1) is 4.34 Å². The number of hydrogen-bond donors (Lipinski definition) is 1. The van der Waals surface area contributed by atoms with Crippen molar-refractivity contribution in [3.8, 4) is 0 Å². The molecule has 1 saturated heterocycles. The third-order valence-electron chi connectivity index (χ3n) is 4.00. The Balaban J connectivity index is 1.70. The average molecular weight is 403 g/mol. The van der Waals surface area contributed by atoms with E-state index in [1.165, 1.54) is 28.6 Å². The maximum Gasteiger partial charge on any atom is 0.253 e. The maximum absolute atomic E-state index is 12.9. The van der Waals surface area contributed by atoms with Gasteiger partial charge in [0.25, 0.3) is 10.0 Å². The second-order valence-corrected chi connectivity index (χ2v) is 9.51. The van der Waals surface area contributed by atoms with Crippen LogP contribution in [0.25, 0.3) is 0 Å². The van der Waals surface area contributed by atoms with Crippen molar-refractivity contribution < 1.29 is 17.6 Å². The van der Waals surface area contributed by atoms with Crippen LogP contribution >= 0.6 is 22.9 Å². The molecule has 0 aliphatic carbocycles. The molecule has 25 heavy (non-hydrogen) atoms. The molecule has 1 aliphatic rings. The van der Waals surface area contributed by atoms with Gasteiger partial charge in [0, 0.05) is 13.1 Å². The van der Waals surface area contributed by atoms with E-state index in [1.54, 1.807) is 12.1 Å². The molecule has 1 atom stereocenters. The number of halogens is 2. The van der Waals surface area contributed by atoms with E-state index in [0.717, 1.165) is 16.9 Å². The predicted octanol–water partition coefficient (Wildman–Crippen LogP) is 3.01. The molecule has 0 spiro atoms. The van der Waals surface area contributed by atoms with Crippen molar-refractivity contribution in [2.45, 2.75) is 29.6 Å². The molecule has 1 aromatic heterocycles. The largest absolute Gasteiger partial charge is 0.351 e. The molecule has 134 valence electrons. The van der Waals surface area contributed by atoms with Crippen LogP contribution in [0.2, 0.25) is 4.34 Å². The summed E-state index contributed by atoms with van der Waals surface area (Å²) in [4.78, 5) is 12.5. The summed E-state index contributed by atoms with van der Waals surface area (Å²) in [6.07, 6.45) is 1.08. The maximum atomic E-state index is 12.9. The van der Waals surface area contributed by atoms with Crippen LogP contribution in [0.5, 0.6) is 0 Å². The van der Waals surface area contributed by atoms with Crippen LogP contribution in [0.1, 0.15) is 18.4 Å². The first kappa shape index (κ1) is 18.3. The van der Waals surface area contributed by atoms with Crippen molar-refractivity contribution in [2.24, 2.45) is 0 Å². The average Bonchev–Trinajstić information content (AvgIpc) is 3.23. The third-order valence-corrected chi connectivity index (χ3v) is 7.60. The first-order valence-electron chi connectivity index (χ1n) is 7.67. The Bertz CT molecular complexity index is 868. The van der Waals surface area contributed by atoms with E-state index in [-0.39, 0.29) is 22.5 Å². The Labute approximate surface area is 154 Å². The number of benzene rings is 1. The van der Waals surface area contributed by atoms with Gasteiger partial charge in [-0.05, 0) is 42.7 Å². The highest BCUT2D eigenvalue weighted by atomic mass is 35.5. The van der Waals surface area contributed by atoms with Crippen LogP contribution in [-0.4, -0.2) is 31.2 Å². The highest BCUT2D eigenvalue weighted by Crippen LogP contribution is 2.32. The fraction of sp³-hybridized carbons (Fsp3) is 0.312. The molecule has 1 aromatic carbocycles. The summed E-state index contributed by atoms with van der Waals surface area (Å²) in [6.45, 7) is 0.515.